The molecule has 2 rings (SSSR count). The lowest BCUT2D eigenvalue weighted by Gasteiger charge is -2.04. The lowest BCUT2D eigenvalue weighted by atomic mass is 10.2. The van der Waals surface area contributed by atoms with E-state index < -0.39 is 5.82 Å². The molecule has 0 amide bonds. The maximum Gasteiger partial charge on any atom is 0.148 e. The third-order valence-corrected chi connectivity index (χ3v) is 1.73. The second-order valence-corrected chi connectivity index (χ2v) is 2.54. The van der Waals surface area contributed by atoms with E-state index in [2.05, 4.69) is 10.2 Å². The van der Waals surface area contributed by atoms with Crippen LogP contribution in [-0.2, 0) is 0 Å². The molecule has 4 nitrogen and oxygen atoms in total. The van der Waals surface area contributed by atoms with Gasteiger partial charge in [-0.1, -0.05) is 6.07 Å². The smallest absolute Gasteiger partial charge is 0.148 e. The van der Waals surface area contributed by atoms with Crippen molar-refractivity contribution in [1.29, 1.82) is 0 Å². The highest BCUT2D eigenvalue weighted by atomic mass is 19.1. The van der Waals surface area contributed by atoms with Crippen LogP contribution in [0, 0.1) is 5.82 Å². The minimum Gasteiger partial charge on any atom is -0.395 e. The molecule has 5 heteroatoms. The van der Waals surface area contributed by atoms with Crippen molar-refractivity contribution in [2.45, 2.75) is 0 Å². The molecular formula is C8H7FN4. The molecule has 0 saturated carbocycles. The number of aromatic nitrogens is 3. The summed E-state index contributed by atoms with van der Waals surface area (Å²) < 4.78 is 14.5. The number of benzene rings is 1. The normalized spacial score (nSPS) is 10.2. The van der Waals surface area contributed by atoms with E-state index in [1.165, 1.54) is 18.7 Å². The van der Waals surface area contributed by atoms with Crippen molar-refractivity contribution < 1.29 is 4.39 Å². The Hall–Kier alpha value is -1.91. The summed E-state index contributed by atoms with van der Waals surface area (Å²) in [6.07, 6.45) is 2.93. The van der Waals surface area contributed by atoms with E-state index in [1.54, 1.807) is 16.7 Å². The molecule has 0 fully saturated rings. The Bertz CT molecular complexity index is 410. The zero-order valence-electron chi connectivity index (χ0n) is 6.68. The molecule has 1 aromatic carbocycles. The van der Waals surface area contributed by atoms with Crippen molar-refractivity contribution in [2.75, 3.05) is 5.73 Å². The van der Waals surface area contributed by atoms with Crippen LogP contribution in [0.1, 0.15) is 0 Å². The lowest BCUT2D eigenvalue weighted by molar-refractivity contribution is 0.631. The highest BCUT2D eigenvalue weighted by molar-refractivity contribution is 5.58. The Kier molecular flexibility index (Phi) is 1.70. The first kappa shape index (κ1) is 7.72. The van der Waals surface area contributed by atoms with Gasteiger partial charge >= 0.3 is 0 Å². The van der Waals surface area contributed by atoms with Crippen molar-refractivity contribution >= 4 is 5.69 Å². The van der Waals surface area contributed by atoms with Gasteiger partial charge in [0.15, 0.2) is 0 Å². The van der Waals surface area contributed by atoms with E-state index in [9.17, 15) is 4.39 Å². The number of anilines is 1. The van der Waals surface area contributed by atoms with Gasteiger partial charge in [-0.3, -0.25) is 4.57 Å². The molecule has 0 spiro atoms. The monoisotopic (exact) mass is 178 g/mol. The van der Waals surface area contributed by atoms with E-state index in [0.29, 0.717) is 5.69 Å². The van der Waals surface area contributed by atoms with E-state index >= 15 is 0 Å². The summed E-state index contributed by atoms with van der Waals surface area (Å²) in [6, 6.07) is 4.59. The van der Waals surface area contributed by atoms with E-state index in [-0.39, 0.29) is 5.69 Å². The predicted octanol–water partition coefficient (Wildman–Crippen LogP) is 0.989. The summed E-state index contributed by atoms with van der Waals surface area (Å²) >= 11 is 0. The highest BCUT2D eigenvalue weighted by Crippen LogP contribution is 2.18. The SMILES string of the molecule is Nc1c(F)cccc1-n1cnnc1. The fraction of sp³-hybridized carbons (Fsp3) is 0. The van der Waals surface area contributed by atoms with Crippen LogP contribution < -0.4 is 5.73 Å². The van der Waals surface area contributed by atoms with Gasteiger partial charge in [0.05, 0.1) is 11.4 Å². The number of nitrogen functional groups attached to an aromatic ring is 1. The van der Waals surface area contributed by atoms with Crippen molar-refractivity contribution in [3.63, 3.8) is 0 Å². The Balaban J connectivity index is 2.59. The number of rotatable bonds is 1. The standard InChI is InChI=1S/C8H7FN4/c9-6-2-1-3-7(8(6)10)13-4-11-12-5-13/h1-5H,10H2. The largest absolute Gasteiger partial charge is 0.395 e. The summed E-state index contributed by atoms with van der Waals surface area (Å²) in [5, 5.41) is 7.21. The molecule has 1 heterocycles. The third-order valence-electron chi connectivity index (χ3n) is 1.73. The van der Waals surface area contributed by atoms with Crippen molar-refractivity contribution in [1.82, 2.24) is 14.8 Å². The molecule has 2 N–H and O–H groups in total. The highest BCUT2D eigenvalue weighted by Gasteiger charge is 2.05. The van der Waals surface area contributed by atoms with Gasteiger partial charge in [-0.25, -0.2) is 4.39 Å². The molecule has 13 heavy (non-hydrogen) atoms. The first-order chi connectivity index (χ1) is 6.29. The number of nitrogens with two attached hydrogens (primary N) is 1. The van der Waals surface area contributed by atoms with Crippen molar-refractivity contribution in [2.24, 2.45) is 0 Å². The van der Waals surface area contributed by atoms with E-state index in [4.69, 9.17) is 5.73 Å². The topological polar surface area (TPSA) is 56.7 Å². The molecule has 0 bridgehead atoms. The molecule has 0 atom stereocenters. The third kappa shape index (κ3) is 1.24. The maximum atomic E-state index is 13.0. The zero-order valence-corrected chi connectivity index (χ0v) is 6.68. The van der Waals surface area contributed by atoms with Gasteiger partial charge in [-0.2, -0.15) is 0 Å². The second kappa shape index (κ2) is 2.85. The van der Waals surface area contributed by atoms with Gasteiger partial charge in [-0.15, -0.1) is 10.2 Å². The van der Waals surface area contributed by atoms with Crippen molar-refractivity contribution in [3.05, 3.63) is 36.7 Å². The van der Waals surface area contributed by atoms with Gasteiger partial charge in [-0.05, 0) is 12.1 Å². The fourth-order valence-electron chi connectivity index (χ4n) is 1.08. The summed E-state index contributed by atoms with van der Waals surface area (Å²) in [5.41, 5.74) is 6.17. The van der Waals surface area contributed by atoms with Crippen LogP contribution in [-0.4, -0.2) is 14.8 Å². The van der Waals surface area contributed by atoms with Crippen molar-refractivity contribution in [3.8, 4) is 5.69 Å². The maximum absolute atomic E-state index is 13.0. The van der Waals surface area contributed by atoms with Gasteiger partial charge in [0.1, 0.15) is 18.5 Å². The first-order valence-electron chi connectivity index (χ1n) is 3.68. The van der Waals surface area contributed by atoms with Gasteiger partial charge < -0.3 is 5.73 Å². The quantitative estimate of drug-likeness (QED) is 0.662. The second-order valence-electron chi connectivity index (χ2n) is 2.54. The summed E-state index contributed by atoms with van der Waals surface area (Å²) in [6.45, 7) is 0. The molecule has 0 aliphatic carbocycles. The van der Waals surface area contributed by atoms with Crippen LogP contribution in [0.3, 0.4) is 0 Å². The number of hydrogen-bond donors (Lipinski definition) is 1. The fourth-order valence-corrected chi connectivity index (χ4v) is 1.08. The molecular weight excluding hydrogens is 171 g/mol. The molecule has 2 aromatic rings. The van der Waals surface area contributed by atoms with E-state index in [1.807, 2.05) is 0 Å². The predicted molar refractivity (Wildman–Crippen MR) is 45.7 cm³/mol. The average molecular weight is 178 g/mol. The first-order valence-corrected chi connectivity index (χ1v) is 3.68. The van der Waals surface area contributed by atoms with Crippen LogP contribution in [0.15, 0.2) is 30.9 Å². The Labute approximate surface area is 73.8 Å². The average Bonchev–Trinajstić information content (AvgIpc) is 2.62. The van der Waals surface area contributed by atoms with Gasteiger partial charge in [0.2, 0.25) is 0 Å². The summed E-state index contributed by atoms with van der Waals surface area (Å²) in [7, 11) is 0. The molecule has 1 aromatic heterocycles. The molecule has 0 radical (unpaired) electrons. The Morgan fingerprint density at radius 2 is 1.92 bits per heavy atom. The number of halogens is 1. The van der Waals surface area contributed by atoms with Crippen LogP contribution in [0.4, 0.5) is 10.1 Å². The molecule has 0 aliphatic rings. The van der Waals surface area contributed by atoms with Gasteiger partial charge in [0.25, 0.3) is 0 Å². The number of nitrogens with zero attached hydrogens (tertiary/aromatic N) is 3. The van der Waals surface area contributed by atoms with Crippen LogP contribution in [0.2, 0.25) is 0 Å². The lowest BCUT2D eigenvalue weighted by Crippen LogP contribution is -1.99. The zero-order chi connectivity index (χ0) is 9.26. The van der Waals surface area contributed by atoms with Gasteiger partial charge in [0, 0.05) is 0 Å². The van der Waals surface area contributed by atoms with Crippen LogP contribution >= 0.6 is 0 Å². The summed E-state index contributed by atoms with van der Waals surface area (Å²) in [5.74, 6) is -0.439. The summed E-state index contributed by atoms with van der Waals surface area (Å²) in [4.78, 5) is 0. The molecule has 0 aliphatic heterocycles. The van der Waals surface area contributed by atoms with Crippen LogP contribution in [0.25, 0.3) is 5.69 Å². The number of hydrogen-bond acceptors (Lipinski definition) is 3. The molecule has 66 valence electrons. The minimum absolute atomic E-state index is 0.0994. The van der Waals surface area contributed by atoms with E-state index in [0.717, 1.165) is 0 Å². The Morgan fingerprint density at radius 3 is 2.62 bits per heavy atom. The number of para-hydroxylation sites is 1. The minimum atomic E-state index is -0.439. The molecule has 0 unspecified atom stereocenters. The Morgan fingerprint density at radius 1 is 1.23 bits per heavy atom. The molecule has 0 saturated heterocycles. The van der Waals surface area contributed by atoms with Crippen LogP contribution in [0.5, 0.6) is 0 Å².